The van der Waals surface area contributed by atoms with Crippen LogP contribution in [0, 0.1) is 11.2 Å². The van der Waals surface area contributed by atoms with Gasteiger partial charge >= 0.3 is 0 Å². The monoisotopic (exact) mass is 366 g/mol. The number of nitrogens with two attached hydrogens (primary N) is 1. The first-order chi connectivity index (χ1) is 12.8. The first kappa shape index (κ1) is 19.3. The summed E-state index contributed by atoms with van der Waals surface area (Å²) < 4.78 is 20.0. The van der Waals surface area contributed by atoms with Crippen LogP contribution < -0.4 is 5.73 Å². The lowest BCUT2D eigenvalue weighted by Gasteiger charge is -2.26. The van der Waals surface area contributed by atoms with Crippen LogP contribution in [0.2, 0.25) is 0 Å². The van der Waals surface area contributed by atoms with Crippen molar-refractivity contribution in [2.24, 2.45) is 11.1 Å². The van der Waals surface area contributed by atoms with E-state index >= 15 is 0 Å². The molecule has 0 saturated carbocycles. The Morgan fingerprint density at radius 3 is 2.74 bits per heavy atom. The number of aromatic nitrogens is 1. The summed E-state index contributed by atoms with van der Waals surface area (Å²) in [5.41, 5.74) is 9.62. The van der Waals surface area contributed by atoms with E-state index in [4.69, 9.17) is 15.1 Å². The van der Waals surface area contributed by atoms with Crippen molar-refractivity contribution < 1.29 is 8.81 Å². The molecule has 0 spiro atoms. The average Bonchev–Trinajstić information content (AvgIpc) is 3.04. The van der Waals surface area contributed by atoms with Gasteiger partial charge < -0.3 is 10.2 Å². The van der Waals surface area contributed by atoms with E-state index in [2.05, 4.69) is 45.6 Å². The van der Waals surface area contributed by atoms with Crippen LogP contribution in [0.25, 0.3) is 17.5 Å². The summed E-state index contributed by atoms with van der Waals surface area (Å²) in [5.74, 6) is 0.786. The van der Waals surface area contributed by atoms with Crippen molar-refractivity contribution in [1.82, 2.24) is 4.98 Å². The van der Waals surface area contributed by atoms with Crippen LogP contribution in [-0.4, -0.2) is 4.98 Å². The summed E-state index contributed by atoms with van der Waals surface area (Å²) >= 11 is 0. The fraction of sp³-hybridized carbons (Fsp3) is 0.348. The van der Waals surface area contributed by atoms with Crippen molar-refractivity contribution in [3.8, 4) is 11.5 Å². The smallest absolute Gasteiger partial charge is 0.227 e. The molecular weight excluding hydrogens is 339 g/mol. The van der Waals surface area contributed by atoms with Crippen LogP contribution in [0.4, 0.5) is 4.39 Å². The molecule has 0 amide bonds. The zero-order valence-electron chi connectivity index (χ0n) is 16.3. The summed E-state index contributed by atoms with van der Waals surface area (Å²) in [7, 11) is 0. The molecule has 0 bridgehead atoms. The molecule has 4 heteroatoms. The molecular formula is C23H27FN2O. The van der Waals surface area contributed by atoms with Gasteiger partial charge in [-0.2, -0.15) is 0 Å². The van der Waals surface area contributed by atoms with Crippen molar-refractivity contribution in [3.63, 3.8) is 0 Å². The van der Waals surface area contributed by atoms with Gasteiger partial charge in [0.2, 0.25) is 5.89 Å². The van der Waals surface area contributed by atoms with Crippen molar-refractivity contribution in [2.75, 3.05) is 0 Å². The number of benzene rings is 1. The van der Waals surface area contributed by atoms with Crippen molar-refractivity contribution in [3.05, 3.63) is 71.4 Å². The first-order valence-electron chi connectivity index (χ1n) is 9.32. The molecule has 3 nitrogen and oxygen atoms in total. The van der Waals surface area contributed by atoms with Crippen LogP contribution in [0.5, 0.6) is 0 Å². The van der Waals surface area contributed by atoms with E-state index < -0.39 is 0 Å². The number of allylic oxidation sites excluding steroid dienone is 4. The molecule has 2 N–H and O–H groups in total. The van der Waals surface area contributed by atoms with Crippen LogP contribution in [0.15, 0.2) is 53.0 Å². The summed E-state index contributed by atoms with van der Waals surface area (Å²) in [6.07, 6.45) is 10.9. The minimum Gasteiger partial charge on any atom is -0.440 e. The summed E-state index contributed by atoms with van der Waals surface area (Å²) in [5, 5.41) is 0. The van der Waals surface area contributed by atoms with Crippen molar-refractivity contribution in [1.29, 1.82) is 0 Å². The first-order valence-corrected chi connectivity index (χ1v) is 9.32. The van der Waals surface area contributed by atoms with Gasteiger partial charge in [-0.25, -0.2) is 9.37 Å². The van der Waals surface area contributed by atoms with E-state index in [1.165, 1.54) is 17.7 Å². The normalized spacial score (nSPS) is 15.5. The van der Waals surface area contributed by atoms with Gasteiger partial charge in [0, 0.05) is 12.0 Å². The van der Waals surface area contributed by atoms with E-state index in [1.807, 2.05) is 0 Å². The second-order valence-electron chi connectivity index (χ2n) is 8.04. The van der Waals surface area contributed by atoms with E-state index in [-0.39, 0.29) is 17.3 Å². The molecule has 1 heterocycles. The molecule has 1 aliphatic carbocycles. The molecule has 142 valence electrons. The second kappa shape index (κ2) is 7.65. The zero-order chi connectivity index (χ0) is 19.6. The quantitative estimate of drug-likeness (QED) is 0.707. The molecule has 1 unspecified atom stereocenters. The standard InChI is InChI=1S/C23H27FN2O/c1-5-16-11-12-17(24)14-18(16)22-26-20(21(25)23(2,3)4)19(27-22)13-15-9-7-6-8-10-15/h5,7,9-12,14,21H,1,6,8,13,25H2,2-4H3. The largest absolute Gasteiger partial charge is 0.440 e. The Kier molecular flexibility index (Phi) is 5.47. The molecule has 1 aromatic carbocycles. The highest BCUT2D eigenvalue weighted by atomic mass is 19.1. The molecule has 0 fully saturated rings. The number of nitrogens with zero attached hydrogens (tertiary/aromatic N) is 1. The van der Waals surface area contributed by atoms with Gasteiger partial charge in [-0.15, -0.1) is 0 Å². The third-order valence-corrected chi connectivity index (χ3v) is 4.86. The molecule has 27 heavy (non-hydrogen) atoms. The fourth-order valence-corrected chi connectivity index (χ4v) is 3.13. The number of rotatable bonds is 5. The Labute approximate surface area is 160 Å². The Bertz CT molecular complexity index is 900. The number of halogens is 1. The molecule has 1 aliphatic rings. The molecule has 3 rings (SSSR count). The average molecular weight is 366 g/mol. The number of oxazole rings is 1. The summed E-state index contributed by atoms with van der Waals surface area (Å²) in [6.45, 7) is 10.0. The lowest BCUT2D eigenvalue weighted by Crippen LogP contribution is -2.27. The molecule has 1 atom stereocenters. The van der Waals surface area contributed by atoms with E-state index in [0.29, 0.717) is 17.9 Å². The van der Waals surface area contributed by atoms with Crippen LogP contribution in [0.1, 0.15) is 56.7 Å². The Morgan fingerprint density at radius 1 is 1.33 bits per heavy atom. The molecule has 0 radical (unpaired) electrons. The van der Waals surface area contributed by atoms with E-state index in [0.717, 1.165) is 29.9 Å². The lowest BCUT2D eigenvalue weighted by molar-refractivity contribution is 0.318. The zero-order valence-corrected chi connectivity index (χ0v) is 16.3. The van der Waals surface area contributed by atoms with Gasteiger partial charge in [-0.3, -0.25) is 0 Å². The van der Waals surface area contributed by atoms with Crippen LogP contribution in [-0.2, 0) is 6.42 Å². The number of hydrogen-bond acceptors (Lipinski definition) is 3. The fourth-order valence-electron chi connectivity index (χ4n) is 3.13. The highest BCUT2D eigenvalue weighted by Crippen LogP contribution is 2.36. The lowest BCUT2D eigenvalue weighted by atomic mass is 9.84. The van der Waals surface area contributed by atoms with Crippen molar-refractivity contribution in [2.45, 2.75) is 46.1 Å². The predicted octanol–water partition coefficient (Wildman–Crippen LogP) is 5.99. The van der Waals surface area contributed by atoms with Gasteiger partial charge in [0.1, 0.15) is 17.3 Å². The van der Waals surface area contributed by atoms with Crippen molar-refractivity contribution >= 4 is 6.08 Å². The topological polar surface area (TPSA) is 52.0 Å². The Balaban J connectivity index is 2.09. The van der Waals surface area contributed by atoms with Gasteiger partial charge in [-0.1, -0.05) is 57.7 Å². The minimum absolute atomic E-state index is 0.178. The van der Waals surface area contributed by atoms with Crippen LogP contribution in [0.3, 0.4) is 0 Å². The van der Waals surface area contributed by atoms with Gasteiger partial charge in [0.25, 0.3) is 0 Å². The van der Waals surface area contributed by atoms with E-state index in [9.17, 15) is 4.39 Å². The summed E-state index contributed by atoms with van der Waals surface area (Å²) in [4.78, 5) is 4.70. The van der Waals surface area contributed by atoms with Crippen LogP contribution >= 0.6 is 0 Å². The second-order valence-corrected chi connectivity index (χ2v) is 8.04. The molecule has 1 aromatic heterocycles. The third kappa shape index (κ3) is 4.28. The Hall–Kier alpha value is -2.46. The molecule has 0 aliphatic heterocycles. The van der Waals surface area contributed by atoms with Gasteiger partial charge in [-0.05, 0) is 41.5 Å². The highest BCUT2D eigenvalue weighted by molar-refractivity contribution is 5.69. The maximum Gasteiger partial charge on any atom is 0.227 e. The maximum absolute atomic E-state index is 13.9. The minimum atomic E-state index is -0.338. The maximum atomic E-state index is 13.9. The Morgan fingerprint density at radius 2 is 2.11 bits per heavy atom. The molecule has 0 saturated heterocycles. The SMILES string of the molecule is C=Cc1ccc(F)cc1-c1nc(C(N)C(C)(C)C)c(CC2=CCCC=C2)o1. The summed E-state index contributed by atoms with van der Waals surface area (Å²) in [6, 6.07) is 4.22. The van der Waals surface area contributed by atoms with Gasteiger partial charge in [0.15, 0.2) is 0 Å². The number of hydrogen-bond donors (Lipinski definition) is 1. The van der Waals surface area contributed by atoms with Gasteiger partial charge in [0.05, 0.1) is 6.04 Å². The third-order valence-electron chi connectivity index (χ3n) is 4.86. The predicted molar refractivity (Wildman–Crippen MR) is 109 cm³/mol. The van der Waals surface area contributed by atoms with E-state index in [1.54, 1.807) is 12.1 Å². The molecule has 2 aromatic rings. The highest BCUT2D eigenvalue weighted by Gasteiger charge is 2.29.